The van der Waals surface area contributed by atoms with Crippen molar-refractivity contribution in [1.82, 2.24) is 4.57 Å². The molecular formula is C18H12N4O2. The van der Waals surface area contributed by atoms with Crippen molar-refractivity contribution in [3.8, 4) is 11.4 Å². The summed E-state index contributed by atoms with van der Waals surface area (Å²) in [5.41, 5.74) is 11.1. The Hall–Kier alpha value is -3.50. The van der Waals surface area contributed by atoms with E-state index >= 15 is 0 Å². The van der Waals surface area contributed by atoms with Gasteiger partial charge in [0.1, 0.15) is 5.75 Å². The number of nitrogens with zero attached hydrogens (tertiary/aromatic N) is 4. The van der Waals surface area contributed by atoms with Gasteiger partial charge in [0.25, 0.3) is 0 Å². The zero-order valence-corrected chi connectivity index (χ0v) is 12.5. The molecule has 0 aliphatic carbocycles. The molecule has 1 atom stereocenters. The third kappa shape index (κ3) is 2.22. The fourth-order valence-electron chi connectivity index (χ4n) is 2.85. The third-order valence-electron chi connectivity index (χ3n) is 3.96. The first-order chi connectivity index (χ1) is 11.8. The first-order valence-electron chi connectivity index (χ1n) is 7.40. The largest absolute Gasteiger partial charge is 0.475 e. The number of ether oxygens (including phenoxy) is 1. The van der Waals surface area contributed by atoms with E-state index in [4.69, 9.17) is 10.3 Å². The maximum atomic E-state index is 12.9. The van der Waals surface area contributed by atoms with Crippen LogP contribution >= 0.6 is 0 Å². The lowest BCUT2D eigenvalue weighted by Crippen LogP contribution is -2.18. The second-order valence-electron chi connectivity index (χ2n) is 5.37. The summed E-state index contributed by atoms with van der Waals surface area (Å²) in [4.78, 5) is 15.7. The van der Waals surface area contributed by atoms with E-state index in [0.717, 1.165) is 5.69 Å². The quantitative estimate of drug-likeness (QED) is 0.389. The lowest BCUT2D eigenvalue weighted by Gasteiger charge is -2.16. The van der Waals surface area contributed by atoms with Gasteiger partial charge in [0.2, 0.25) is 5.78 Å². The SMILES string of the molecule is [N-]=[N+]=Nc1ccc(C2Oc3ccccc3-n3cccc3C2=O)cc1. The zero-order valence-electron chi connectivity index (χ0n) is 12.5. The first-order valence-corrected chi connectivity index (χ1v) is 7.40. The molecule has 2 heterocycles. The second-order valence-corrected chi connectivity index (χ2v) is 5.37. The van der Waals surface area contributed by atoms with Crippen LogP contribution in [0.5, 0.6) is 5.75 Å². The Morgan fingerprint density at radius 3 is 2.62 bits per heavy atom. The number of benzene rings is 2. The van der Waals surface area contributed by atoms with Gasteiger partial charge < -0.3 is 9.30 Å². The van der Waals surface area contributed by atoms with Gasteiger partial charge >= 0.3 is 0 Å². The molecule has 0 bridgehead atoms. The molecule has 1 aromatic heterocycles. The molecule has 0 N–H and O–H groups in total. The van der Waals surface area contributed by atoms with Crippen LogP contribution in [0.25, 0.3) is 16.1 Å². The van der Waals surface area contributed by atoms with Crippen LogP contribution in [0.2, 0.25) is 0 Å². The van der Waals surface area contributed by atoms with Crippen LogP contribution in [0.1, 0.15) is 22.2 Å². The lowest BCUT2D eigenvalue weighted by atomic mass is 10.0. The first kappa shape index (κ1) is 14.1. The Balaban J connectivity index is 1.83. The Labute approximate surface area is 137 Å². The van der Waals surface area contributed by atoms with Gasteiger partial charge in [-0.3, -0.25) is 4.79 Å². The van der Waals surface area contributed by atoms with E-state index in [1.165, 1.54) is 0 Å². The van der Waals surface area contributed by atoms with E-state index in [1.807, 2.05) is 41.1 Å². The van der Waals surface area contributed by atoms with E-state index < -0.39 is 6.10 Å². The summed E-state index contributed by atoms with van der Waals surface area (Å²) < 4.78 is 7.86. The van der Waals surface area contributed by atoms with E-state index in [0.29, 0.717) is 22.7 Å². The van der Waals surface area contributed by atoms with Crippen LogP contribution in [0.3, 0.4) is 0 Å². The molecule has 0 spiro atoms. The molecule has 3 aromatic rings. The molecule has 116 valence electrons. The molecule has 2 aromatic carbocycles. The van der Waals surface area contributed by atoms with Crippen LogP contribution in [-0.2, 0) is 0 Å². The molecule has 6 heteroatoms. The predicted molar refractivity (Wildman–Crippen MR) is 88.7 cm³/mol. The number of hydrogen-bond donors (Lipinski definition) is 0. The second kappa shape index (κ2) is 5.61. The summed E-state index contributed by atoms with van der Waals surface area (Å²) in [7, 11) is 0. The molecule has 24 heavy (non-hydrogen) atoms. The third-order valence-corrected chi connectivity index (χ3v) is 3.96. The molecule has 0 fully saturated rings. The molecule has 1 aliphatic heterocycles. The molecule has 0 amide bonds. The highest BCUT2D eigenvalue weighted by Gasteiger charge is 2.30. The average molecular weight is 316 g/mol. The number of ketones is 1. The van der Waals surface area contributed by atoms with Gasteiger partial charge in [0.15, 0.2) is 6.10 Å². The van der Waals surface area contributed by atoms with Crippen molar-refractivity contribution < 1.29 is 9.53 Å². The summed E-state index contributed by atoms with van der Waals surface area (Å²) in [5.74, 6) is 0.526. The minimum atomic E-state index is -0.748. The Morgan fingerprint density at radius 1 is 1.04 bits per heavy atom. The van der Waals surface area contributed by atoms with Crippen LogP contribution in [0.15, 0.2) is 72.0 Å². The molecule has 0 saturated carbocycles. The highest BCUT2D eigenvalue weighted by Crippen LogP contribution is 2.35. The van der Waals surface area contributed by atoms with Crippen LogP contribution in [-0.4, -0.2) is 10.4 Å². The summed E-state index contributed by atoms with van der Waals surface area (Å²) in [6, 6.07) is 18.0. The minimum Gasteiger partial charge on any atom is -0.475 e. The average Bonchev–Trinajstić information content (AvgIpc) is 3.06. The number of para-hydroxylation sites is 2. The molecule has 0 radical (unpaired) electrons. The topological polar surface area (TPSA) is 80.0 Å². The Bertz CT molecular complexity index is 969. The Kier molecular flexibility index (Phi) is 3.30. The van der Waals surface area contributed by atoms with E-state index in [2.05, 4.69) is 10.0 Å². The number of Topliss-reactive ketones (excluding diaryl/α,β-unsaturated/α-hetero) is 1. The highest BCUT2D eigenvalue weighted by molar-refractivity contribution is 6.00. The van der Waals surface area contributed by atoms with Gasteiger partial charge in [-0.05, 0) is 29.8 Å². The van der Waals surface area contributed by atoms with Gasteiger partial charge in [-0.15, -0.1) is 0 Å². The lowest BCUT2D eigenvalue weighted by molar-refractivity contribution is 0.0796. The van der Waals surface area contributed by atoms with Gasteiger partial charge in [-0.25, -0.2) is 0 Å². The van der Waals surface area contributed by atoms with Crippen molar-refractivity contribution in [3.63, 3.8) is 0 Å². The van der Waals surface area contributed by atoms with Crippen molar-refractivity contribution in [2.45, 2.75) is 6.10 Å². The normalized spacial score (nSPS) is 15.5. The fourth-order valence-corrected chi connectivity index (χ4v) is 2.85. The minimum absolute atomic E-state index is 0.118. The van der Waals surface area contributed by atoms with Crippen LogP contribution in [0.4, 0.5) is 5.69 Å². The monoisotopic (exact) mass is 316 g/mol. The molecular weight excluding hydrogens is 304 g/mol. The molecule has 1 aliphatic rings. The number of hydrogen-bond acceptors (Lipinski definition) is 3. The maximum absolute atomic E-state index is 12.9. The van der Waals surface area contributed by atoms with E-state index in [-0.39, 0.29) is 5.78 Å². The van der Waals surface area contributed by atoms with E-state index in [1.54, 1.807) is 30.3 Å². The smallest absolute Gasteiger partial charge is 0.224 e. The Morgan fingerprint density at radius 2 is 1.83 bits per heavy atom. The summed E-state index contributed by atoms with van der Waals surface area (Å²) in [6.07, 6.45) is 1.10. The van der Waals surface area contributed by atoms with Crippen LogP contribution < -0.4 is 4.74 Å². The standard InChI is InChI=1S/C18H12N4O2/c19-21-20-13-9-7-12(8-10-13)18-17(23)15-5-3-11-22(15)14-4-1-2-6-16(14)24-18/h1-11,18H. The molecule has 4 rings (SSSR count). The maximum Gasteiger partial charge on any atom is 0.224 e. The number of rotatable bonds is 2. The van der Waals surface area contributed by atoms with Gasteiger partial charge in [-0.1, -0.05) is 41.5 Å². The predicted octanol–water partition coefficient (Wildman–Crippen LogP) is 4.74. The molecule has 1 unspecified atom stereocenters. The van der Waals surface area contributed by atoms with Crippen molar-refractivity contribution in [2.75, 3.05) is 0 Å². The number of aromatic nitrogens is 1. The summed E-state index contributed by atoms with van der Waals surface area (Å²) in [5, 5.41) is 3.54. The zero-order chi connectivity index (χ0) is 16.5. The van der Waals surface area contributed by atoms with Crippen molar-refractivity contribution in [3.05, 3.63) is 88.6 Å². The van der Waals surface area contributed by atoms with E-state index in [9.17, 15) is 4.79 Å². The molecule has 6 nitrogen and oxygen atoms in total. The summed E-state index contributed by atoms with van der Waals surface area (Å²) >= 11 is 0. The van der Waals surface area contributed by atoms with Crippen molar-refractivity contribution in [1.29, 1.82) is 0 Å². The van der Waals surface area contributed by atoms with Gasteiger partial charge in [0, 0.05) is 22.4 Å². The van der Waals surface area contributed by atoms with Crippen LogP contribution in [0, 0.1) is 0 Å². The van der Waals surface area contributed by atoms with Gasteiger partial charge in [-0.2, -0.15) is 0 Å². The number of azide groups is 1. The van der Waals surface area contributed by atoms with Crippen molar-refractivity contribution >= 4 is 11.5 Å². The highest BCUT2D eigenvalue weighted by atomic mass is 16.5. The number of carbonyl (C=O) groups is 1. The molecule has 0 saturated heterocycles. The number of fused-ring (bicyclic) bond motifs is 3. The summed E-state index contributed by atoms with van der Waals surface area (Å²) in [6.45, 7) is 0. The van der Waals surface area contributed by atoms with Crippen molar-refractivity contribution in [2.24, 2.45) is 5.11 Å². The number of carbonyl (C=O) groups excluding carboxylic acids is 1. The fraction of sp³-hybridized carbons (Fsp3) is 0.0556. The van der Waals surface area contributed by atoms with Gasteiger partial charge in [0.05, 0.1) is 11.4 Å².